The van der Waals surface area contributed by atoms with Crippen molar-refractivity contribution in [1.82, 2.24) is 4.98 Å². The van der Waals surface area contributed by atoms with E-state index in [2.05, 4.69) is 9.88 Å². The fraction of sp³-hybridized carbons (Fsp3) is 0.545. The van der Waals surface area contributed by atoms with Crippen LogP contribution in [-0.2, 0) is 6.61 Å². The van der Waals surface area contributed by atoms with Crippen LogP contribution in [0.25, 0.3) is 0 Å². The molecule has 1 fully saturated rings. The molecule has 1 aromatic rings. The first-order valence-electron chi connectivity index (χ1n) is 5.28. The lowest BCUT2D eigenvalue weighted by atomic mass is 10.3. The van der Waals surface area contributed by atoms with E-state index in [1.54, 1.807) is 6.20 Å². The topological polar surface area (TPSA) is 56.6 Å². The fourth-order valence-electron chi connectivity index (χ4n) is 1.75. The van der Waals surface area contributed by atoms with E-state index >= 15 is 0 Å². The molecule has 0 aliphatic heterocycles. The van der Waals surface area contributed by atoms with Gasteiger partial charge in [-0.2, -0.15) is 0 Å². The molecule has 0 aromatic carbocycles. The zero-order valence-corrected chi connectivity index (χ0v) is 8.63. The molecule has 15 heavy (non-hydrogen) atoms. The summed E-state index contributed by atoms with van der Waals surface area (Å²) in [4.78, 5) is 6.22. The van der Waals surface area contributed by atoms with Gasteiger partial charge in [-0.25, -0.2) is 0 Å². The first-order chi connectivity index (χ1) is 7.35. The molecule has 0 unspecified atom stereocenters. The summed E-state index contributed by atoms with van der Waals surface area (Å²) >= 11 is 0. The third-order valence-electron chi connectivity index (χ3n) is 2.62. The smallest absolute Gasteiger partial charge is 0.0853 e. The Bertz CT molecular complexity index is 326. The van der Waals surface area contributed by atoms with Gasteiger partial charge in [-0.15, -0.1) is 0 Å². The zero-order valence-electron chi connectivity index (χ0n) is 8.63. The number of anilines is 1. The molecule has 0 atom stereocenters. The van der Waals surface area contributed by atoms with Crippen LogP contribution in [0, 0.1) is 0 Å². The zero-order chi connectivity index (χ0) is 10.7. The van der Waals surface area contributed by atoms with Gasteiger partial charge in [0.15, 0.2) is 0 Å². The van der Waals surface area contributed by atoms with Gasteiger partial charge in [0.2, 0.25) is 0 Å². The summed E-state index contributed by atoms with van der Waals surface area (Å²) in [5, 5.41) is 18.0. The van der Waals surface area contributed by atoms with Crippen molar-refractivity contribution in [3.63, 3.8) is 0 Å². The highest BCUT2D eigenvalue weighted by Gasteiger charge is 2.28. The molecule has 0 radical (unpaired) electrons. The summed E-state index contributed by atoms with van der Waals surface area (Å²) < 4.78 is 0. The van der Waals surface area contributed by atoms with Crippen LogP contribution in [0.2, 0.25) is 0 Å². The summed E-state index contributed by atoms with van der Waals surface area (Å²) in [6.07, 6.45) is 4.08. The predicted octanol–water partition coefficient (Wildman–Crippen LogP) is 0.535. The number of hydrogen-bond acceptors (Lipinski definition) is 4. The lowest BCUT2D eigenvalue weighted by molar-refractivity contribution is 0.277. The van der Waals surface area contributed by atoms with E-state index in [4.69, 9.17) is 10.2 Å². The fourth-order valence-corrected chi connectivity index (χ4v) is 1.75. The van der Waals surface area contributed by atoms with E-state index in [0.717, 1.165) is 5.69 Å². The van der Waals surface area contributed by atoms with Crippen LogP contribution in [-0.4, -0.2) is 34.4 Å². The molecule has 82 valence electrons. The second kappa shape index (κ2) is 4.59. The van der Waals surface area contributed by atoms with Gasteiger partial charge in [-0.3, -0.25) is 4.98 Å². The Kier molecular flexibility index (Phi) is 3.18. The molecule has 1 aromatic heterocycles. The molecule has 4 heteroatoms. The third kappa shape index (κ3) is 2.46. The average Bonchev–Trinajstić information content (AvgIpc) is 3.10. The summed E-state index contributed by atoms with van der Waals surface area (Å²) in [7, 11) is 0. The van der Waals surface area contributed by atoms with Crippen LogP contribution < -0.4 is 4.90 Å². The molecule has 1 saturated carbocycles. The molecule has 1 heterocycles. The molecular weight excluding hydrogens is 192 g/mol. The monoisotopic (exact) mass is 208 g/mol. The average molecular weight is 208 g/mol. The van der Waals surface area contributed by atoms with E-state index in [-0.39, 0.29) is 13.2 Å². The van der Waals surface area contributed by atoms with Crippen LogP contribution in [0.3, 0.4) is 0 Å². The van der Waals surface area contributed by atoms with Crippen molar-refractivity contribution >= 4 is 5.69 Å². The predicted molar refractivity (Wildman–Crippen MR) is 57.6 cm³/mol. The second-order valence-electron chi connectivity index (χ2n) is 3.81. The maximum atomic E-state index is 9.00. The number of nitrogens with zero attached hydrogens (tertiary/aromatic N) is 2. The van der Waals surface area contributed by atoms with Gasteiger partial charge in [0.25, 0.3) is 0 Å². The van der Waals surface area contributed by atoms with E-state index in [9.17, 15) is 0 Å². The lowest BCUT2D eigenvalue weighted by Crippen LogP contribution is -2.28. The Labute approximate surface area is 89.2 Å². The van der Waals surface area contributed by atoms with Gasteiger partial charge in [-0.05, 0) is 25.0 Å². The molecule has 2 N–H and O–H groups in total. The number of aromatic nitrogens is 1. The highest BCUT2D eigenvalue weighted by molar-refractivity contribution is 5.48. The number of rotatable bonds is 5. The minimum Gasteiger partial charge on any atom is -0.395 e. The largest absolute Gasteiger partial charge is 0.395 e. The Morgan fingerprint density at radius 2 is 2.20 bits per heavy atom. The van der Waals surface area contributed by atoms with Crippen molar-refractivity contribution in [2.24, 2.45) is 0 Å². The van der Waals surface area contributed by atoms with Gasteiger partial charge < -0.3 is 15.1 Å². The Balaban J connectivity index is 2.16. The molecular formula is C11H16N2O2. The van der Waals surface area contributed by atoms with Crippen LogP contribution in [0.1, 0.15) is 18.5 Å². The summed E-state index contributed by atoms with van der Waals surface area (Å²) in [5.41, 5.74) is 1.72. The summed E-state index contributed by atoms with van der Waals surface area (Å²) in [6.45, 7) is 0.776. The van der Waals surface area contributed by atoms with Crippen LogP contribution in [0.5, 0.6) is 0 Å². The van der Waals surface area contributed by atoms with Crippen molar-refractivity contribution in [2.75, 3.05) is 18.1 Å². The van der Waals surface area contributed by atoms with Gasteiger partial charge >= 0.3 is 0 Å². The van der Waals surface area contributed by atoms with E-state index < -0.39 is 0 Å². The van der Waals surface area contributed by atoms with Crippen LogP contribution in [0.15, 0.2) is 18.3 Å². The highest BCUT2D eigenvalue weighted by atomic mass is 16.3. The van der Waals surface area contributed by atoms with Gasteiger partial charge in [0.1, 0.15) is 0 Å². The quantitative estimate of drug-likeness (QED) is 0.741. The maximum Gasteiger partial charge on any atom is 0.0853 e. The molecule has 0 amide bonds. The SMILES string of the molecule is OCCN(c1ccnc(CO)c1)C1CC1. The maximum absolute atomic E-state index is 9.00. The molecule has 1 aliphatic rings. The first-order valence-corrected chi connectivity index (χ1v) is 5.28. The van der Waals surface area contributed by atoms with Gasteiger partial charge in [-0.1, -0.05) is 0 Å². The number of aliphatic hydroxyl groups is 2. The third-order valence-corrected chi connectivity index (χ3v) is 2.62. The summed E-state index contributed by atoms with van der Waals surface area (Å²) in [5.74, 6) is 0. The van der Waals surface area contributed by atoms with E-state index in [0.29, 0.717) is 18.3 Å². The number of pyridine rings is 1. The van der Waals surface area contributed by atoms with Gasteiger partial charge in [0, 0.05) is 24.5 Å². The lowest BCUT2D eigenvalue weighted by Gasteiger charge is -2.23. The standard InChI is InChI=1S/C11H16N2O2/c14-6-5-13(10-1-2-10)11-3-4-12-9(7-11)8-15/h3-4,7,10,14-15H,1-2,5-6,8H2. The minimum absolute atomic E-state index is 0.0362. The van der Waals surface area contributed by atoms with Gasteiger partial charge in [0.05, 0.1) is 18.9 Å². The van der Waals surface area contributed by atoms with E-state index in [1.165, 1.54) is 12.8 Å². The number of hydrogen-bond donors (Lipinski definition) is 2. The van der Waals surface area contributed by atoms with Crippen LogP contribution >= 0.6 is 0 Å². The van der Waals surface area contributed by atoms with Crippen molar-refractivity contribution in [3.05, 3.63) is 24.0 Å². The van der Waals surface area contributed by atoms with E-state index in [1.807, 2.05) is 12.1 Å². The van der Waals surface area contributed by atoms with Crippen molar-refractivity contribution in [2.45, 2.75) is 25.5 Å². The van der Waals surface area contributed by atoms with Crippen molar-refractivity contribution < 1.29 is 10.2 Å². The molecule has 1 aliphatic carbocycles. The molecule has 0 bridgehead atoms. The number of aliphatic hydroxyl groups excluding tert-OH is 2. The normalized spacial score (nSPS) is 15.3. The Hall–Kier alpha value is -1.13. The van der Waals surface area contributed by atoms with Crippen molar-refractivity contribution in [3.8, 4) is 0 Å². The molecule has 4 nitrogen and oxygen atoms in total. The Morgan fingerprint density at radius 1 is 1.40 bits per heavy atom. The Morgan fingerprint density at radius 3 is 2.80 bits per heavy atom. The molecule has 2 rings (SSSR count). The highest BCUT2D eigenvalue weighted by Crippen LogP contribution is 2.31. The molecule has 0 spiro atoms. The van der Waals surface area contributed by atoms with Crippen molar-refractivity contribution in [1.29, 1.82) is 0 Å². The first kappa shape index (κ1) is 10.4. The summed E-state index contributed by atoms with van der Waals surface area (Å²) in [6, 6.07) is 4.37. The minimum atomic E-state index is -0.0362. The molecule has 0 saturated heterocycles. The second-order valence-corrected chi connectivity index (χ2v) is 3.81. The van der Waals surface area contributed by atoms with Crippen LogP contribution in [0.4, 0.5) is 5.69 Å².